The molecule has 24 heavy (non-hydrogen) atoms. The first-order chi connectivity index (χ1) is 11.8. The van der Waals surface area contributed by atoms with Crippen molar-refractivity contribution < 1.29 is 0 Å². The molecule has 0 bridgehead atoms. The van der Waals surface area contributed by atoms with E-state index in [2.05, 4.69) is 20.8 Å². The van der Waals surface area contributed by atoms with Crippen LogP contribution in [0.25, 0.3) is 5.43 Å². The van der Waals surface area contributed by atoms with E-state index in [4.69, 9.17) is 0 Å². The lowest BCUT2D eigenvalue weighted by Gasteiger charge is -2.16. The third-order valence-corrected chi connectivity index (χ3v) is 3.34. The van der Waals surface area contributed by atoms with Crippen molar-refractivity contribution in [2.45, 2.75) is 6.92 Å². The number of benzene rings is 3. The Labute approximate surface area is 141 Å². The van der Waals surface area contributed by atoms with Crippen molar-refractivity contribution in [3.05, 3.63) is 101 Å². The molecule has 0 fully saturated rings. The smallest absolute Gasteiger partial charge is 0.163 e. The van der Waals surface area contributed by atoms with E-state index in [0.717, 1.165) is 16.9 Å². The van der Waals surface area contributed by atoms with Crippen LogP contribution in [0.3, 0.4) is 0 Å². The first-order valence-electron chi connectivity index (χ1n) is 7.69. The summed E-state index contributed by atoms with van der Waals surface area (Å²) < 4.78 is 0. The van der Waals surface area contributed by atoms with Gasteiger partial charge in [0.15, 0.2) is 5.84 Å². The summed E-state index contributed by atoms with van der Waals surface area (Å²) in [5, 5.41) is 12.8. The molecule has 0 aromatic heterocycles. The standard InChI is InChI=1S/C20H17N4/c1-16-12-14-17(15-13-16)20(23-21-18-8-4-2-5-9-18)24-22-19-10-6-3-7-11-19/h2-15H,1H3/q-1/b23-20+,24-22?. The van der Waals surface area contributed by atoms with Gasteiger partial charge in [0.25, 0.3) is 0 Å². The zero-order valence-corrected chi connectivity index (χ0v) is 13.4. The maximum Gasteiger partial charge on any atom is 0.163 e. The quantitative estimate of drug-likeness (QED) is 0.240. The third-order valence-electron chi connectivity index (χ3n) is 3.34. The number of amidine groups is 1. The minimum Gasteiger partial charge on any atom is -0.574 e. The monoisotopic (exact) mass is 313 g/mol. The number of hydrogen-bond acceptors (Lipinski definition) is 2. The van der Waals surface area contributed by atoms with Gasteiger partial charge in [-0.2, -0.15) is 0 Å². The van der Waals surface area contributed by atoms with Crippen molar-refractivity contribution in [1.82, 2.24) is 0 Å². The van der Waals surface area contributed by atoms with E-state index in [1.807, 2.05) is 91.9 Å². The third kappa shape index (κ3) is 4.36. The lowest BCUT2D eigenvalue weighted by Crippen LogP contribution is -1.95. The average Bonchev–Trinajstić information content (AvgIpc) is 2.64. The van der Waals surface area contributed by atoms with Gasteiger partial charge >= 0.3 is 0 Å². The molecule has 0 aliphatic carbocycles. The molecule has 0 saturated heterocycles. The fourth-order valence-electron chi connectivity index (χ4n) is 2.04. The Morgan fingerprint density at radius 1 is 0.750 bits per heavy atom. The van der Waals surface area contributed by atoms with E-state index in [1.54, 1.807) is 0 Å². The minimum atomic E-state index is 0.475. The molecular weight excluding hydrogens is 296 g/mol. The number of hydrogen-bond donors (Lipinski definition) is 0. The van der Waals surface area contributed by atoms with Gasteiger partial charge in [-0.3, -0.25) is 0 Å². The molecule has 0 heterocycles. The van der Waals surface area contributed by atoms with Crippen LogP contribution in [-0.2, 0) is 0 Å². The molecule has 0 atom stereocenters. The molecule has 0 unspecified atom stereocenters. The highest BCUT2D eigenvalue weighted by molar-refractivity contribution is 6.00. The van der Waals surface area contributed by atoms with Gasteiger partial charge in [-0.05, 0) is 19.1 Å². The van der Waals surface area contributed by atoms with E-state index in [9.17, 15) is 0 Å². The maximum atomic E-state index is 4.29. The molecule has 0 amide bonds. The first-order valence-corrected chi connectivity index (χ1v) is 7.69. The SMILES string of the molecule is Cc1ccc(/C(N=Nc2ccccc2)=N\[N-]c2ccccc2)cc1. The van der Waals surface area contributed by atoms with Crippen LogP contribution in [0, 0.1) is 6.92 Å². The fourth-order valence-corrected chi connectivity index (χ4v) is 2.04. The predicted octanol–water partition coefficient (Wildman–Crippen LogP) is 6.15. The van der Waals surface area contributed by atoms with Crippen molar-refractivity contribution in [2.24, 2.45) is 15.3 Å². The molecule has 3 aromatic carbocycles. The lowest BCUT2D eigenvalue weighted by atomic mass is 10.1. The molecule has 4 nitrogen and oxygen atoms in total. The zero-order chi connectivity index (χ0) is 16.6. The van der Waals surface area contributed by atoms with Gasteiger partial charge in [-0.25, -0.2) is 0 Å². The molecule has 4 heteroatoms. The summed E-state index contributed by atoms with van der Waals surface area (Å²) in [7, 11) is 0. The highest BCUT2D eigenvalue weighted by atomic mass is 15.3. The molecule has 3 rings (SSSR count). The zero-order valence-electron chi connectivity index (χ0n) is 13.4. The van der Waals surface area contributed by atoms with Crippen LogP contribution in [-0.4, -0.2) is 5.84 Å². The van der Waals surface area contributed by atoms with E-state index in [1.165, 1.54) is 5.56 Å². The van der Waals surface area contributed by atoms with Crippen molar-refractivity contribution >= 4 is 17.2 Å². The van der Waals surface area contributed by atoms with Crippen molar-refractivity contribution in [2.75, 3.05) is 0 Å². The van der Waals surface area contributed by atoms with Gasteiger partial charge in [0.05, 0.1) is 5.69 Å². The highest BCUT2D eigenvalue weighted by Crippen LogP contribution is 2.19. The van der Waals surface area contributed by atoms with Crippen LogP contribution in [0.5, 0.6) is 0 Å². The van der Waals surface area contributed by atoms with Crippen LogP contribution in [0.15, 0.2) is 100 Å². The molecule has 0 aliphatic heterocycles. The molecule has 118 valence electrons. The van der Waals surface area contributed by atoms with E-state index < -0.39 is 0 Å². The van der Waals surface area contributed by atoms with Crippen LogP contribution in [0.2, 0.25) is 0 Å². The molecule has 3 aromatic rings. The van der Waals surface area contributed by atoms with Gasteiger partial charge in [-0.15, -0.1) is 15.9 Å². The Kier molecular flexibility index (Phi) is 5.10. The summed E-state index contributed by atoms with van der Waals surface area (Å²) in [6.07, 6.45) is 0. The van der Waals surface area contributed by atoms with E-state index in [0.29, 0.717) is 5.84 Å². The van der Waals surface area contributed by atoms with Crippen molar-refractivity contribution in [1.29, 1.82) is 0 Å². The van der Waals surface area contributed by atoms with E-state index >= 15 is 0 Å². The Morgan fingerprint density at radius 3 is 2.04 bits per heavy atom. The molecule has 0 saturated carbocycles. The second-order valence-electron chi connectivity index (χ2n) is 5.26. The van der Waals surface area contributed by atoms with Crippen LogP contribution >= 0.6 is 0 Å². The number of aryl methyl sites for hydroxylation is 1. The second-order valence-corrected chi connectivity index (χ2v) is 5.26. The highest BCUT2D eigenvalue weighted by Gasteiger charge is 2.00. The summed E-state index contributed by atoms with van der Waals surface area (Å²) >= 11 is 0. The summed E-state index contributed by atoms with van der Waals surface area (Å²) in [5.74, 6) is 0.475. The Morgan fingerprint density at radius 2 is 1.38 bits per heavy atom. The normalized spacial score (nSPS) is 11.6. The Hall–Kier alpha value is -3.27. The van der Waals surface area contributed by atoms with Gasteiger partial charge in [0.1, 0.15) is 0 Å². The lowest BCUT2D eigenvalue weighted by molar-refractivity contribution is 1.24. The molecule has 0 N–H and O–H groups in total. The predicted molar refractivity (Wildman–Crippen MR) is 98.1 cm³/mol. The minimum absolute atomic E-state index is 0.475. The van der Waals surface area contributed by atoms with Crippen molar-refractivity contribution in [3.63, 3.8) is 0 Å². The first kappa shape index (κ1) is 15.6. The Balaban J connectivity index is 1.88. The average molecular weight is 313 g/mol. The van der Waals surface area contributed by atoms with Crippen LogP contribution in [0.1, 0.15) is 11.1 Å². The number of rotatable bonds is 4. The van der Waals surface area contributed by atoms with Gasteiger partial charge < -0.3 is 10.5 Å². The molecular formula is C20H17N4-. The number of azo groups is 1. The van der Waals surface area contributed by atoms with Gasteiger partial charge in [0, 0.05) is 5.56 Å². The van der Waals surface area contributed by atoms with Crippen molar-refractivity contribution in [3.8, 4) is 0 Å². The summed E-state index contributed by atoms with van der Waals surface area (Å²) in [5.41, 5.74) is 7.86. The van der Waals surface area contributed by atoms with Gasteiger partial charge in [-0.1, -0.05) is 78.4 Å². The van der Waals surface area contributed by atoms with Crippen LogP contribution in [0.4, 0.5) is 11.4 Å². The Bertz CT molecular complexity index is 823. The largest absolute Gasteiger partial charge is 0.574 e. The van der Waals surface area contributed by atoms with E-state index in [-0.39, 0.29) is 0 Å². The molecule has 0 spiro atoms. The summed E-state index contributed by atoms with van der Waals surface area (Å²) in [6.45, 7) is 2.04. The topological polar surface area (TPSA) is 51.2 Å². The molecule has 0 aliphatic rings. The maximum absolute atomic E-state index is 4.29. The van der Waals surface area contributed by atoms with Gasteiger partial charge in [0.2, 0.25) is 0 Å². The summed E-state index contributed by atoms with van der Waals surface area (Å²) in [6, 6.07) is 27.1. The second kappa shape index (κ2) is 7.83. The summed E-state index contributed by atoms with van der Waals surface area (Å²) in [4.78, 5) is 0. The number of nitrogens with zero attached hydrogens (tertiary/aromatic N) is 4. The fraction of sp³-hybridized carbons (Fsp3) is 0.0500. The molecule has 0 radical (unpaired) electrons. The van der Waals surface area contributed by atoms with Crippen LogP contribution < -0.4 is 0 Å².